The second-order valence-corrected chi connectivity index (χ2v) is 9.72. The minimum atomic E-state index is -1.84. The minimum absolute atomic E-state index is 0.0221. The third-order valence-corrected chi connectivity index (χ3v) is 6.78. The molecule has 1 saturated heterocycles. The molecule has 0 aromatic carbocycles. The van der Waals surface area contributed by atoms with Crippen LogP contribution in [0.4, 0.5) is 9.59 Å². The zero-order chi connectivity index (χ0) is 35.3. The summed E-state index contributed by atoms with van der Waals surface area (Å²) in [4.78, 5) is 41.7. The van der Waals surface area contributed by atoms with Gasteiger partial charge in [0.05, 0.1) is 30.8 Å². The number of nitrogens with one attached hydrogen (secondary N) is 2. The van der Waals surface area contributed by atoms with Crippen LogP contribution in [0.25, 0.3) is 62.7 Å². The van der Waals surface area contributed by atoms with Crippen molar-refractivity contribution < 1.29 is 38.7 Å². The molecule has 28 nitrogen and oxygen atoms in total. The number of aliphatic hydroxyl groups is 2. The smallest absolute Gasteiger partial charge is 0.407 e. The van der Waals surface area contributed by atoms with Crippen molar-refractivity contribution in [1.29, 1.82) is 0 Å². The average molecular weight is 679 g/mol. The van der Waals surface area contributed by atoms with Gasteiger partial charge in [-0.2, -0.15) is 0 Å². The first-order valence-corrected chi connectivity index (χ1v) is 14.0. The number of carbonyl (C=O) groups is 2. The Kier molecular flexibility index (Phi) is 16.9. The number of hydrogen-bond donors (Lipinski definition) is 4. The molecule has 0 aromatic heterocycles. The number of alkyl carbamates (subject to hydrolysis) is 2. The molecule has 10 atom stereocenters. The van der Waals surface area contributed by atoms with Crippen molar-refractivity contribution in [2.45, 2.75) is 80.3 Å². The van der Waals surface area contributed by atoms with E-state index in [4.69, 9.17) is 41.1 Å². The minimum Gasteiger partial charge on any atom is -0.442 e. The summed E-state index contributed by atoms with van der Waals surface area (Å²) in [5.41, 5.74) is 53.3. The summed E-state index contributed by atoms with van der Waals surface area (Å²) in [5, 5.41) is 46.7. The van der Waals surface area contributed by atoms with Gasteiger partial charge in [0.15, 0.2) is 18.5 Å². The summed E-state index contributed by atoms with van der Waals surface area (Å²) in [6.45, 7) is -0.508. The Bertz CT molecular complexity index is 1390. The maximum atomic E-state index is 12.9. The fourth-order valence-corrected chi connectivity index (χ4v) is 4.68. The van der Waals surface area contributed by atoms with E-state index in [9.17, 15) is 30.9 Å². The Morgan fingerprint density at radius 2 is 1.23 bits per heavy atom. The maximum absolute atomic E-state index is 12.9. The lowest BCUT2D eigenvalue weighted by molar-refractivity contribution is -0.287. The average Bonchev–Trinajstić information content (AvgIpc) is 3.06. The van der Waals surface area contributed by atoms with E-state index in [0.717, 1.165) is 0 Å². The Labute approximate surface area is 268 Å². The van der Waals surface area contributed by atoms with Crippen LogP contribution in [0.3, 0.4) is 0 Å². The van der Waals surface area contributed by atoms with E-state index in [1.807, 2.05) is 0 Å². The van der Waals surface area contributed by atoms with Crippen LogP contribution in [0.15, 0.2) is 30.7 Å². The molecule has 28 heteroatoms. The molecule has 0 unspecified atom stereocenters. The van der Waals surface area contributed by atoms with E-state index >= 15 is 0 Å². The number of nitrogens with zero attached hydrogens (tertiary/aromatic N) is 18. The third-order valence-electron chi connectivity index (χ3n) is 6.78. The zero-order valence-corrected chi connectivity index (χ0v) is 24.8. The molecule has 1 saturated carbocycles. The Morgan fingerprint density at radius 1 is 0.708 bits per heavy atom. The van der Waals surface area contributed by atoms with Crippen molar-refractivity contribution in [3.8, 4) is 0 Å². The molecule has 48 heavy (non-hydrogen) atoms. The zero-order valence-electron chi connectivity index (χ0n) is 24.8. The van der Waals surface area contributed by atoms with Crippen LogP contribution in [0.1, 0.15) is 19.3 Å². The third kappa shape index (κ3) is 11.6. The van der Waals surface area contributed by atoms with Crippen LogP contribution < -0.4 is 10.6 Å². The molecule has 0 spiro atoms. The fraction of sp³-hybridized carbons (Fsp3) is 0.900. The summed E-state index contributed by atoms with van der Waals surface area (Å²) in [6, 6.07) is -4.34. The predicted octanol–water partition coefficient (Wildman–Crippen LogP) is 3.16. The summed E-state index contributed by atoms with van der Waals surface area (Å²) < 4.78 is 22.8. The lowest BCUT2D eigenvalue weighted by Gasteiger charge is -2.46. The molecule has 2 fully saturated rings. The van der Waals surface area contributed by atoms with E-state index in [0.29, 0.717) is 0 Å². The Balaban J connectivity index is 2.53. The first-order chi connectivity index (χ1) is 23.3. The van der Waals surface area contributed by atoms with Gasteiger partial charge in [0, 0.05) is 55.6 Å². The SMILES string of the molecule is [N-]=[N+]=NCCCNC(=O)O[C@@H]1[C@@H](OC(=O)NCCCN=[N+]=[N-])[C@H](N=[N+]=[N-])C[C@H](N=[N+]=[N-])[C@H]1O[C@H]1O[C@H](CN=[N+]=[N-])[C@@H](O)[C@H](O)[C@H]1N=[N+]=[N-]. The van der Waals surface area contributed by atoms with Gasteiger partial charge in [0.1, 0.15) is 18.2 Å². The van der Waals surface area contributed by atoms with Crippen LogP contribution in [0, 0.1) is 0 Å². The van der Waals surface area contributed by atoms with Gasteiger partial charge in [-0.3, -0.25) is 0 Å². The molecule has 258 valence electrons. The largest absolute Gasteiger partial charge is 0.442 e. The standard InChI is InChI=1S/C20H30N20O8/c21-35-29-5-1-3-27-19(43)47-16-10(33-39-25)7-9(32-38-24)15(17(16)48-20(44)28-4-2-6-30-36-22)46-18-12(34-40-26)14(42)13(41)11(45-18)8-31-37-23/h9-18,41-42H,1-8H2,(H,27,43)(H,28,44)/t9-,10+,11+,12+,13+,14+,15+,16-,17-,18+/m0/s1. The first kappa shape index (κ1) is 38.4. The van der Waals surface area contributed by atoms with Crippen molar-refractivity contribution in [2.24, 2.45) is 30.7 Å². The van der Waals surface area contributed by atoms with Crippen molar-refractivity contribution in [1.82, 2.24) is 10.6 Å². The monoisotopic (exact) mass is 678 g/mol. The summed E-state index contributed by atoms with van der Waals surface area (Å²) >= 11 is 0. The molecule has 1 aliphatic heterocycles. The predicted molar refractivity (Wildman–Crippen MR) is 157 cm³/mol. The number of amides is 2. The number of azide groups is 6. The van der Waals surface area contributed by atoms with Crippen LogP contribution >= 0.6 is 0 Å². The second-order valence-electron chi connectivity index (χ2n) is 9.72. The van der Waals surface area contributed by atoms with Crippen LogP contribution in [0.2, 0.25) is 0 Å². The molecule has 0 aromatic rings. The van der Waals surface area contributed by atoms with E-state index < -0.39 is 79.8 Å². The topological polar surface area (TPSA) is 428 Å². The molecule has 1 aliphatic carbocycles. The van der Waals surface area contributed by atoms with Gasteiger partial charge in [-0.05, 0) is 52.4 Å². The highest BCUT2D eigenvalue weighted by atomic mass is 16.7. The van der Waals surface area contributed by atoms with Gasteiger partial charge in [-0.1, -0.05) is 30.7 Å². The number of aliphatic hydroxyl groups excluding tert-OH is 2. The molecule has 1 heterocycles. The molecular weight excluding hydrogens is 648 g/mol. The van der Waals surface area contributed by atoms with E-state index in [1.165, 1.54) is 0 Å². The molecular formula is C20H30N20O8. The summed E-state index contributed by atoms with van der Waals surface area (Å²) in [7, 11) is 0. The number of hydrogen-bond acceptors (Lipinski definition) is 14. The van der Waals surface area contributed by atoms with E-state index in [2.05, 4.69) is 70.8 Å². The molecule has 4 N–H and O–H groups in total. The highest BCUT2D eigenvalue weighted by Crippen LogP contribution is 2.35. The highest BCUT2D eigenvalue weighted by Gasteiger charge is 2.53. The summed E-state index contributed by atoms with van der Waals surface area (Å²) in [6.07, 6.45) is -13.9. The quantitative estimate of drug-likeness (QED) is 0.0763. The fourth-order valence-electron chi connectivity index (χ4n) is 4.68. The molecule has 2 amide bonds. The van der Waals surface area contributed by atoms with Crippen molar-refractivity contribution in [2.75, 3.05) is 32.7 Å². The van der Waals surface area contributed by atoms with Crippen LogP contribution in [0.5, 0.6) is 0 Å². The Morgan fingerprint density at radius 3 is 1.75 bits per heavy atom. The van der Waals surface area contributed by atoms with Crippen LogP contribution in [-0.4, -0.2) is 116 Å². The van der Waals surface area contributed by atoms with Gasteiger partial charge in [-0.25, -0.2) is 9.59 Å². The van der Waals surface area contributed by atoms with Crippen molar-refractivity contribution >= 4 is 12.2 Å². The lowest BCUT2D eigenvalue weighted by Crippen LogP contribution is -2.64. The molecule has 0 radical (unpaired) electrons. The number of rotatable bonds is 17. The van der Waals surface area contributed by atoms with Crippen LogP contribution in [-0.2, 0) is 18.9 Å². The normalized spacial score (nSPS) is 28.9. The first-order valence-electron chi connectivity index (χ1n) is 14.0. The molecule has 0 bridgehead atoms. The van der Waals surface area contributed by atoms with Gasteiger partial charge < -0.3 is 39.8 Å². The maximum Gasteiger partial charge on any atom is 0.407 e. The van der Waals surface area contributed by atoms with Crippen molar-refractivity contribution in [3.63, 3.8) is 0 Å². The lowest BCUT2D eigenvalue weighted by atomic mass is 9.84. The number of carbonyl (C=O) groups excluding carboxylic acids is 2. The van der Waals surface area contributed by atoms with Gasteiger partial charge >= 0.3 is 12.2 Å². The van der Waals surface area contributed by atoms with Gasteiger partial charge in [0.2, 0.25) is 0 Å². The van der Waals surface area contributed by atoms with Crippen molar-refractivity contribution in [3.05, 3.63) is 62.7 Å². The highest BCUT2D eigenvalue weighted by molar-refractivity contribution is 5.68. The molecule has 2 rings (SSSR count). The summed E-state index contributed by atoms with van der Waals surface area (Å²) in [5.74, 6) is 0. The van der Waals surface area contributed by atoms with Gasteiger partial charge in [0.25, 0.3) is 0 Å². The Hall–Kier alpha value is -5.76. The van der Waals surface area contributed by atoms with Gasteiger partial charge in [-0.15, -0.1) is 0 Å². The molecule has 2 aliphatic rings. The van der Waals surface area contributed by atoms with E-state index in [-0.39, 0.29) is 45.4 Å². The second kappa shape index (κ2) is 21.1. The number of ether oxygens (including phenoxy) is 4. The van der Waals surface area contributed by atoms with E-state index in [1.54, 1.807) is 0 Å².